The second kappa shape index (κ2) is 4.20. The maximum Gasteiger partial charge on any atom is 0.158 e. The molecule has 3 aromatic rings. The van der Waals surface area contributed by atoms with Gasteiger partial charge in [-0.3, -0.25) is 4.98 Å². The molecule has 0 aliphatic carbocycles. The number of hydrogen-bond acceptors (Lipinski definition) is 4. The van der Waals surface area contributed by atoms with Crippen LogP contribution >= 0.6 is 0 Å². The highest BCUT2D eigenvalue weighted by atomic mass is 19.1. The lowest BCUT2D eigenvalue weighted by molar-refractivity contribution is 0.404. The van der Waals surface area contributed by atoms with Crippen LogP contribution in [0.3, 0.4) is 0 Å². The van der Waals surface area contributed by atoms with Crippen molar-refractivity contribution in [3.05, 3.63) is 48.4 Å². The van der Waals surface area contributed by atoms with Gasteiger partial charge in [0.15, 0.2) is 11.5 Å². The van der Waals surface area contributed by atoms with Crippen LogP contribution in [0.25, 0.3) is 22.3 Å². The number of aromatic nitrogens is 2. The summed E-state index contributed by atoms with van der Waals surface area (Å²) in [7, 11) is 0. The Balaban J connectivity index is 2.14. The summed E-state index contributed by atoms with van der Waals surface area (Å²) in [5, 5.41) is 18.7. The average molecular weight is 256 g/mol. The van der Waals surface area contributed by atoms with Crippen LogP contribution < -0.4 is 0 Å². The maximum atomic E-state index is 13.0. The zero-order valence-electron chi connectivity index (χ0n) is 9.71. The maximum absolute atomic E-state index is 13.0. The Morgan fingerprint density at radius 1 is 0.895 bits per heavy atom. The third-order valence-corrected chi connectivity index (χ3v) is 2.78. The zero-order chi connectivity index (χ0) is 13.4. The van der Waals surface area contributed by atoms with Gasteiger partial charge in [-0.25, -0.2) is 9.37 Å². The first-order valence-electron chi connectivity index (χ1n) is 5.58. The Hall–Kier alpha value is -2.69. The van der Waals surface area contributed by atoms with Gasteiger partial charge < -0.3 is 10.2 Å². The van der Waals surface area contributed by atoms with Crippen LogP contribution in [0.2, 0.25) is 0 Å². The van der Waals surface area contributed by atoms with Crippen LogP contribution in [0.1, 0.15) is 0 Å². The standard InChI is InChI=1S/C14H9FN2O2/c15-9-2-3-10-11(6-9)16-7-12(17-10)8-1-4-13(18)14(19)5-8/h1-7,18-19H. The molecule has 0 aliphatic heterocycles. The first-order chi connectivity index (χ1) is 9.13. The topological polar surface area (TPSA) is 66.2 Å². The normalized spacial score (nSPS) is 10.8. The van der Waals surface area contributed by atoms with Gasteiger partial charge in [-0.15, -0.1) is 0 Å². The second-order valence-electron chi connectivity index (χ2n) is 4.09. The number of aromatic hydroxyl groups is 2. The molecule has 3 rings (SSSR count). The van der Waals surface area contributed by atoms with Crippen LogP contribution in [-0.2, 0) is 0 Å². The fourth-order valence-electron chi connectivity index (χ4n) is 1.81. The van der Waals surface area contributed by atoms with Gasteiger partial charge in [-0.2, -0.15) is 0 Å². The van der Waals surface area contributed by atoms with E-state index >= 15 is 0 Å². The molecule has 0 unspecified atom stereocenters. The largest absolute Gasteiger partial charge is 0.504 e. The summed E-state index contributed by atoms with van der Waals surface area (Å²) in [5.74, 6) is -0.782. The van der Waals surface area contributed by atoms with E-state index in [4.69, 9.17) is 0 Å². The molecule has 0 atom stereocenters. The molecule has 0 spiro atoms. The van der Waals surface area contributed by atoms with Gasteiger partial charge in [0.2, 0.25) is 0 Å². The van der Waals surface area contributed by atoms with Crippen molar-refractivity contribution in [1.29, 1.82) is 0 Å². The molecule has 2 N–H and O–H groups in total. The van der Waals surface area contributed by atoms with E-state index in [1.165, 1.54) is 30.5 Å². The van der Waals surface area contributed by atoms with Crippen molar-refractivity contribution < 1.29 is 14.6 Å². The summed E-state index contributed by atoms with van der Waals surface area (Å²) in [5.41, 5.74) is 2.18. The molecule has 1 aromatic heterocycles. The minimum absolute atomic E-state index is 0.195. The fraction of sp³-hybridized carbons (Fsp3) is 0. The predicted octanol–water partition coefficient (Wildman–Crippen LogP) is 2.85. The van der Waals surface area contributed by atoms with E-state index in [0.717, 1.165) is 0 Å². The van der Waals surface area contributed by atoms with Crippen LogP contribution in [0, 0.1) is 5.82 Å². The quantitative estimate of drug-likeness (QED) is 0.657. The molecule has 1 heterocycles. The smallest absolute Gasteiger partial charge is 0.158 e. The number of rotatable bonds is 1. The van der Waals surface area contributed by atoms with Gasteiger partial charge in [0.25, 0.3) is 0 Å². The van der Waals surface area contributed by atoms with Crippen molar-refractivity contribution in [2.45, 2.75) is 0 Å². The molecule has 0 saturated carbocycles. The summed E-state index contributed by atoms with van der Waals surface area (Å²) in [6, 6.07) is 8.56. The minimum Gasteiger partial charge on any atom is -0.504 e. The van der Waals surface area contributed by atoms with Gasteiger partial charge in [-0.1, -0.05) is 0 Å². The molecule has 0 aliphatic rings. The lowest BCUT2D eigenvalue weighted by atomic mass is 10.1. The van der Waals surface area contributed by atoms with Crippen molar-refractivity contribution in [2.24, 2.45) is 0 Å². The molecule has 19 heavy (non-hydrogen) atoms. The highest BCUT2D eigenvalue weighted by Crippen LogP contribution is 2.29. The van der Waals surface area contributed by atoms with Crippen molar-refractivity contribution in [3.8, 4) is 22.8 Å². The lowest BCUT2D eigenvalue weighted by Gasteiger charge is -2.04. The predicted molar refractivity (Wildman–Crippen MR) is 68.3 cm³/mol. The first-order valence-corrected chi connectivity index (χ1v) is 5.58. The third-order valence-electron chi connectivity index (χ3n) is 2.78. The molecule has 4 nitrogen and oxygen atoms in total. The Labute approximate surface area is 107 Å². The van der Waals surface area contributed by atoms with E-state index in [2.05, 4.69) is 9.97 Å². The molecule has 0 saturated heterocycles. The van der Waals surface area contributed by atoms with E-state index in [9.17, 15) is 14.6 Å². The Bertz CT molecular complexity index is 774. The minimum atomic E-state index is -0.364. The molecule has 0 amide bonds. The summed E-state index contributed by atoms with van der Waals surface area (Å²) >= 11 is 0. The number of halogens is 1. The number of benzene rings is 2. The van der Waals surface area contributed by atoms with Crippen molar-refractivity contribution in [3.63, 3.8) is 0 Å². The van der Waals surface area contributed by atoms with Gasteiger partial charge in [0, 0.05) is 11.6 Å². The number of nitrogens with zero attached hydrogens (tertiary/aromatic N) is 2. The SMILES string of the molecule is Oc1ccc(-c2cnc3cc(F)ccc3n2)cc1O. The van der Waals surface area contributed by atoms with E-state index < -0.39 is 0 Å². The van der Waals surface area contributed by atoms with Crippen molar-refractivity contribution >= 4 is 11.0 Å². The number of hydrogen-bond donors (Lipinski definition) is 2. The van der Waals surface area contributed by atoms with Crippen molar-refractivity contribution in [2.75, 3.05) is 0 Å². The number of phenols is 2. The molecular formula is C14H9FN2O2. The van der Waals surface area contributed by atoms with E-state index in [0.29, 0.717) is 22.3 Å². The summed E-state index contributed by atoms with van der Waals surface area (Å²) in [6.07, 6.45) is 1.49. The third kappa shape index (κ3) is 2.06. The highest BCUT2D eigenvalue weighted by molar-refractivity contribution is 5.77. The number of fused-ring (bicyclic) bond motifs is 1. The van der Waals surface area contributed by atoms with Crippen LogP contribution in [0.15, 0.2) is 42.6 Å². The Morgan fingerprint density at radius 2 is 1.74 bits per heavy atom. The second-order valence-corrected chi connectivity index (χ2v) is 4.09. The molecule has 0 fully saturated rings. The van der Waals surface area contributed by atoms with E-state index in [1.54, 1.807) is 12.1 Å². The van der Waals surface area contributed by atoms with Gasteiger partial charge in [0.1, 0.15) is 5.82 Å². The van der Waals surface area contributed by atoms with Crippen molar-refractivity contribution in [1.82, 2.24) is 9.97 Å². The monoisotopic (exact) mass is 256 g/mol. The lowest BCUT2D eigenvalue weighted by Crippen LogP contribution is -1.89. The van der Waals surface area contributed by atoms with Crippen LogP contribution in [-0.4, -0.2) is 20.2 Å². The van der Waals surface area contributed by atoms with Gasteiger partial charge >= 0.3 is 0 Å². The summed E-state index contributed by atoms with van der Waals surface area (Å²) < 4.78 is 13.0. The molecule has 0 bridgehead atoms. The molecule has 94 valence electrons. The molecule has 0 radical (unpaired) electrons. The Kier molecular flexibility index (Phi) is 2.52. The highest BCUT2D eigenvalue weighted by Gasteiger charge is 2.06. The van der Waals surface area contributed by atoms with E-state index in [1.807, 2.05) is 0 Å². The summed E-state index contributed by atoms with van der Waals surface area (Å²) in [4.78, 5) is 8.46. The van der Waals surface area contributed by atoms with Crippen LogP contribution in [0.4, 0.5) is 4.39 Å². The van der Waals surface area contributed by atoms with Gasteiger partial charge in [0.05, 0.1) is 22.9 Å². The van der Waals surface area contributed by atoms with Gasteiger partial charge in [-0.05, 0) is 30.3 Å². The van der Waals surface area contributed by atoms with E-state index in [-0.39, 0.29) is 17.3 Å². The first kappa shape index (κ1) is 11.4. The number of phenolic OH excluding ortho intramolecular Hbond substituents is 2. The molecular weight excluding hydrogens is 247 g/mol. The molecule has 2 aromatic carbocycles. The average Bonchev–Trinajstić information content (AvgIpc) is 2.41. The summed E-state index contributed by atoms with van der Waals surface area (Å²) in [6.45, 7) is 0. The molecule has 5 heteroatoms. The van der Waals surface area contributed by atoms with Crippen LogP contribution in [0.5, 0.6) is 11.5 Å². The zero-order valence-corrected chi connectivity index (χ0v) is 9.71. The Morgan fingerprint density at radius 3 is 2.53 bits per heavy atom. The fourth-order valence-corrected chi connectivity index (χ4v) is 1.81.